The van der Waals surface area contributed by atoms with Gasteiger partial charge in [0.15, 0.2) is 5.03 Å². The monoisotopic (exact) mass is 288 g/mol. The second-order valence-corrected chi connectivity index (χ2v) is 6.28. The van der Waals surface area contributed by atoms with Crippen molar-refractivity contribution in [3.63, 3.8) is 0 Å². The Balaban J connectivity index is 3.00. The van der Waals surface area contributed by atoms with Crippen molar-refractivity contribution in [1.82, 2.24) is 19.8 Å². The molecule has 1 aromatic rings. The highest BCUT2D eigenvalue weighted by Gasteiger charge is 2.27. The predicted octanol–water partition coefficient (Wildman–Crippen LogP) is 1.33. The Hall–Kier alpha value is -0.920. The van der Waals surface area contributed by atoms with E-state index in [1.807, 2.05) is 20.8 Å². The van der Waals surface area contributed by atoms with Crippen molar-refractivity contribution in [2.75, 3.05) is 19.6 Å². The van der Waals surface area contributed by atoms with Gasteiger partial charge in [0.05, 0.1) is 6.20 Å². The maximum Gasteiger partial charge on any atom is 0.260 e. The Bertz CT molecular complexity index is 464. The number of aromatic nitrogens is 2. The van der Waals surface area contributed by atoms with Crippen LogP contribution in [0, 0.1) is 0 Å². The Morgan fingerprint density at radius 1 is 1.26 bits per heavy atom. The van der Waals surface area contributed by atoms with Crippen LogP contribution in [0.5, 0.6) is 0 Å². The van der Waals surface area contributed by atoms with Gasteiger partial charge in [0.25, 0.3) is 10.0 Å². The van der Waals surface area contributed by atoms with Gasteiger partial charge in [-0.2, -0.15) is 9.40 Å². The predicted molar refractivity (Wildman–Crippen MR) is 75.3 cm³/mol. The minimum Gasteiger partial charge on any atom is -0.313 e. The average Bonchev–Trinajstić information content (AvgIpc) is 2.85. The van der Waals surface area contributed by atoms with E-state index in [2.05, 4.69) is 15.5 Å². The third-order valence-corrected chi connectivity index (χ3v) is 4.70. The van der Waals surface area contributed by atoms with Crippen molar-refractivity contribution in [2.45, 2.75) is 45.2 Å². The van der Waals surface area contributed by atoms with Crippen LogP contribution in [0.3, 0.4) is 0 Å². The molecule has 0 spiro atoms. The fraction of sp³-hybridized carbons (Fsp3) is 0.750. The van der Waals surface area contributed by atoms with Crippen LogP contribution in [0.4, 0.5) is 0 Å². The molecule has 0 unspecified atom stereocenters. The van der Waals surface area contributed by atoms with E-state index in [-0.39, 0.29) is 5.03 Å². The van der Waals surface area contributed by atoms with E-state index in [1.54, 1.807) is 6.20 Å². The van der Waals surface area contributed by atoms with E-state index >= 15 is 0 Å². The molecule has 0 bridgehead atoms. The molecular weight excluding hydrogens is 264 g/mol. The SMILES string of the molecule is CCCN(CCC)S(=O)(=O)c1[nH]ncc1CNCC. The topological polar surface area (TPSA) is 78.1 Å². The summed E-state index contributed by atoms with van der Waals surface area (Å²) in [7, 11) is -3.47. The first-order valence-corrected chi connectivity index (χ1v) is 8.25. The third-order valence-electron chi connectivity index (χ3n) is 2.79. The molecule has 6 nitrogen and oxygen atoms in total. The summed E-state index contributed by atoms with van der Waals surface area (Å²) in [4.78, 5) is 0. The van der Waals surface area contributed by atoms with Crippen molar-refractivity contribution in [1.29, 1.82) is 0 Å². The zero-order valence-corrected chi connectivity index (χ0v) is 12.8. The zero-order chi connectivity index (χ0) is 14.3. The summed E-state index contributed by atoms with van der Waals surface area (Å²) in [5.41, 5.74) is 0.694. The molecule has 0 aromatic carbocycles. The van der Waals surface area contributed by atoms with Crippen LogP contribution in [0.1, 0.15) is 39.2 Å². The summed E-state index contributed by atoms with van der Waals surface area (Å²) in [6.07, 6.45) is 3.18. The summed E-state index contributed by atoms with van der Waals surface area (Å²) in [5, 5.41) is 9.85. The molecule has 0 saturated heterocycles. The Kier molecular flexibility index (Phi) is 6.47. The first-order valence-electron chi connectivity index (χ1n) is 6.80. The van der Waals surface area contributed by atoms with Crippen LogP contribution >= 0.6 is 0 Å². The fourth-order valence-electron chi connectivity index (χ4n) is 1.89. The van der Waals surface area contributed by atoms with Crippen molar-refractivity contribution in [3.8, 4) is 0 Å². The van der Waals surface area contributed by atoms with Gasteiger partial charge in [-0.05, 0) is 19.4 Å². The van der Waals surface area contributed by atoms with Crippen LogP contribution in [0.2, 0.25) is 0 Å². The molecule has 0 amide bonds. The Morgan fingerprint density at radius 3 is 2.42 bits per heavy atom. The van der Waals surface area contributed by atoms with Crippen LogP contribution in [0.25, 0.3) is 0 Å². The van der Waals surface area contributed by atoms with Gasteiger partial charge < -0.3 is 5.32 Å². The first kappa shape index (κ1) is 16.1. The van der Waals surface area contributed by atoms with Crippen molar-refractivity contribution in [3.05, 3.63) is 11.8 Å². The van der Waals surface area contributed by atoms with E-state index in [9.17, 15) is 8.42 Å². The number of H-pyrrole nitrogens is 1. The van der Waals surface area contributed by atoms with Crippen molar-refractivity contribution >= 4 is 10.0 Å². The van der Waals surface area contributed by atoms with Crippen LogP contribution in [0.15, 0.2) is 11.2 Å². The summed E-state index contributed by atoms with van der Waals surface area (Å²) in [6, 6.07) is 0. The van der Waals surface area contributed by atoms with Crippen LogP contribution in [-0.4, -0.2) is 42.6 Å². The zero-order valence-electron chi connectivity index (χ0n) is 11.9. The quantitative estimate of drug-likeness (QED) is 0.718. The standard InChI is InChI=1S/C12H24N4O2S/c1-4-7-16(8-5-2)19(17,18)12-11(9-13-6-3)10-14-15-12/h10,13H,4-9H2,1-3H3,(H,14,15). The summed E-state index contributed by atoms with van der Waals surface area (Å²) < 4.78 is 26.7. The Morgan fingerprint density at radius 2 is 1.89 bits per heavy atom. The van der Waals surface area contributed by atoms with Crippen molar-refractivity contribution < 1.29 is 8.42 Å². The molecule has 7 heteroatoms. The van der Waals surface area contributed by atoms with Gasteiger partial charge in [0.1, 0.15) is 0 Å². The normalized spacial score (nSPS) is 12.2. The third kappa shape index (κ3) is 4.02. The average molecular weight is 288 g/mol. The van der Waals surface area contributed by atoms with E-state index in [1.165, 1.54) is 4.31 Å². The van der Waals surface area contributed by atoms with Crippen LogP contribution < -0.4 is 5.32 Å². The lowest BCUT2D eigenvalue weighted by Gasteiger charge is -2.20. The van der Waals surface area contributed by atoms with Crippen LogP contribution in [-0.2, 0) is 16.6 Å². The highest BCUT2D eigenvalue weighted by molar-refractivity contribution is 7.89. The lowest BCUT2D eigenvalue weighted by molar-refractivity contribution is 0.407. The maximum absolute atomic E-state index is 12.6. The summed E-state index contributed by atoms with van der Waals surface area (Å²) >= 11 is 0. The van der Waals surface area contributed by atoms with Gasteiger partial charge in [0.2, 0.25) is 0 Å². The molecular formula is C12H24N4O2S. The second-order valence-electron chi connectivity index (χ2n) is 4.41. The van der Waals surface area contributed by atoms with E-state index in [0.29, 0.717) is 25.2 Å². The first-order chi connectivity index (χ1) is 9.07. The molecule has 0 aliphatic rings. The number of nitrogens with one attached hydrogen (secondary N) is 2. The lowest BCUT2D eigenvalue weighted by atomic mass is 10.3. The Labute approximate surface area is 115 Å². The number of rotatable bonds is 9. The van der Waals surface area contributed by atoms with Gasteiger partial charge >= 0.3 is 0 Å². The molecule has 110 valence electrons. The molecule has 2 N–H and O–H groups in total. The highest BCUT2D eigenvalue weighted by atomic mass is 32.2. The van der Waals surface area contributed by atoms with E-state index in [0.717, 1.165) is 19.4 Å². The molecule has 1 rings (SSSR count). The lowest BCUT2D eigenvalue weighted by Crippen LogP contribution is -2.33. The molecule has 0 fully saturated rings. The molecule has 1 heterocycles. The van der Waals surface area contributed by atoms with Gasteiger partial charge in [0, 0.05) is 25.2 Å². The number of aromatic amines is 1. The minimum atomic E-state index is -3.47. The molecule has 0 radical (unpaired) electrons. The van der Waals surface area contributed by atoms with E-state index < -0.39 is 10.0 Å². The minimum absolute atomic E-state index is 0.218. The number of sulfonamides is 1. The molecule has 0 saturated carbocycles. The van der Waals surface area contributed by atoms with Gasteiger partial charge in [-0.15, -0.1) is 0 Å². The number of hydrogen-bond donors (Lipinski definition) is 2. The number of hydrogen-bond acceptors (Lipinski definition) is 4. The van der Waals surface area contributed by atoms with E-state index in [4.69, 9.17) is 0 Å². The van der Waals surface area contributed by atoms with Crippen molar-refractivity contribution in [2.24, 2.45) is 0 Å². The molecule has 0 aliphatic carbocycles. The maximum atomic E-state index is 12.6. The fourth-order valence-corrected chi connectivity index (χ4v) is 3.62. The van der Waals surface area contributed by atoms with Gasteiger partial charge in [-0.3, -0.25) is 5.10 Å². The highest BCUT2D eigenvalue weighted by Crippen LogP contribution is 2.18. The molecule has 1 aromatic heterocycles. The molecule has 0 aliphatic heterocycles. The molecule has 0 atom stereocenters. The van der Waals surface area contributed by atoms with Gasteiger partial charge in [-0.1, -0.05) is 20.8 Å². The summed E-state index contributed by atoms with van der Waals surface area (Å²) in [5.74, 6) is 0. The molecule has 19 heavy (non-hydrogen) atoms. The summed E-state index contributed by atoms with van der Waals surface area (Å²) in [6.45, 7) is 8.31. The second kappa shape index (κ2) is 7.62. The smallest absolute Gasteiger partial charge is 0.260 e. The van der Waals surface area contributed by atoms with Gasteiger partial charge in [-0.25, -0.2) is 8.42 Å². The largest absolute Gasteiger partial charge is 0.313 e. The number of nitrogens with zero attached hydrogens (tertiary/aromatic N) is 2.